The number of hydrogen-bond donors (Lipinski definition) is 0. The maximum absolute atomic E-state index is 13.1. The van der Waals surface area contributed by atoms with Crippen LogP contribution >= 0.6 is 0 Å². The van der Waals surface area contributed by atoms with Gasteiger partial charge in [0.1, 0.15) is 5.76 Å². The molecule has 7 heteroatoms. The molecule has 0 unspecified atom stereocenters. The van der Waals surface area contributed by atoms with Gasteiger partial charge in [-0.25, -0.2) is 8.42 Å². The van der Waals surface area contributed by atoms with Crippen LogP contribution < -0.4 is 0 Å². The van der Waals surface area contributed by atoms with E-state index in [4.69, 9.17) is 4.52 Å². The van der Waals surface area contributed by atoms with Crippen LogP contribution in [0, 0.1) is 27.7 Å². The second-order valence-corrected chi connectivity index (χ2v) is 8.71. The number of nitrogens with zero attached hydrogens (tertiary/aromatic N) is 3. The van der Waals surface area contributed by atoms with Crippen molar-refractivity contribution in [2.45, 2.75) is 39.1 Å². The van der Waals surface area contributed by atoms with Crippen molar-refractivity contribution < 1.29 is 12.9 Å². The van der Waals surface area contributed by atoms with Gasteiger partial charge in [0.15, 0.2) is 0 Å². The topological polar surface area (TPSA) is 66.7 Å². The van der Waals surface area contributed by atoms with Crippen LogP contribution in [0.5, 0.6) is 0 Å². The van der Waals surface area contributed by atoms with Gasteiger partial charge in [-0.3, -0.25) is 4.90 Å². The zero-order chi connectivity index (χ0) is 18.2. The van der Waals surface area contributed by atoms with E-state index >= 15 is 0 Å². The van der Waals surface area contributed by atoms with Gasteiger partial charge in [-0.2, -0.15) is 4.31 Å². The molecule has 0 N–H and O–H groups in total. The molecule has 25 heavy (non-hydrogen) atoms. The maximum Gasteiger partial charge on any atom is 0.243 e. The highest BCUT2D eigenvalue weighted by Crippen LogP contribution is 2.26. The molecule has 0 bridgehead atoms. The summed E-state index contributed by atoms with van der Waals surface area (Å²) < 4.78 is 32.9. The fraction of sp³-hybridized carbons (Fsp3) is 0.500. The molecule has 1 aromatic heterocycles. The number of piperazine rings is 1. The van der Waals surface area contributed by atoms with Crippen molar-refractivity contribution in [2.24, 2.45) is 0 Å². The minimum Gasteiger partial charge on any atom is -0.361 e. The van der Waals surface area contributed by atoms with Crippen LogP contribution in [0.4, 0.5) is 0 Å². The average Bonchev–Trinajstić information content (AvgIpc) is 2.91. The molecule has 0 radical (unpaired) electrons. The summed E-state index contributed by atoms with van der Waals surface area (Å²) in [5.74, 6) is 0.793. The molecule has 0 spiro atoms. The summed E-state index contributed by atoms with van der Waals surface area (Å²) >= 11 is 0. The highest BCUT2D eigenvalue weighted by molar-refractivity contribution is 7.89. The fourth-order valence-electron chi connectivity index (χ4n) is 3.55. The summed E-state index contributed by atoms with van der Waals surface area (Å²) in [5, 5.41) is 4.01. The first-order valence-electron chi connectivity index (χ1n) is 8.50. The van der Waals surface area contributed by atoms with Crippen LogP contribution in [0.15, 0.2) is 27.6 Å². The van der Waals surface area contributed by atoms with Crippen molar-refractivity contribution in [3.8, 4) is 0 Å². The molecule has 0 amide bonds. The molecular weight excluding hydrogens is 338 g/mol. The predicted molar refractivity (Wildman–Crippen MR) is 95.9 cm³/mol. The summed E-state index contributed by atoms with van der Waals surface area (Å²) in [5.41, 5.74) is 3.61. The van der Waals surface area contributed by atoms with Gasteiger partial charge in [-0.1, -0.05) is 22.9 Å². The molecule has 1 aliphatic heterocycles. The quantitative estimate of drug-likeness (QED) is 0.835. The molecule has 0 saturated carbocycles. The Hall–Kier alpha value is -1.70. The van der Waals surface area contributed by atoms with E-state index in [1.807, 2.05) is 45.9 Å². The molecule has 0 atom stereocenters. The lowest BCUT2D eigenvalue weighted by Gasteiger charge is -2.34. The second kappa shape index (κ2) is 6.90. The average molecular weight is 363 g/mol. The molecule has 2 aromatic rings. The number of benzene rings is 1. The largest absolute Gasteiger partial charge is 0.361 e. The zero-order valence-electron chi connectivity index (χ0n) is 15.2. The molecule has 1 fully saturated rings. The second-order valence-electron chi connectivity index (χ2n) is 6.84. The molecule has 136 valence electrons. The van der Waals surface area contributed by atoms with Gasteiger partial charge in [-0.05, 0) is 38.8 Å². The number of sulfonamides is 1. The molecule has 0 aliphatic carbocycles. The summed E-state index contributed by atoms with van der Waals surface area (Å²) in [7, 11) is -3.46. The van der Waals surface area contributed by atoms with Gasteiger partial charge in [-0.15, -0.1) is 0 Å². The van der Waals surface area contributed by atoms with Gasteiger partial charge in [0.2, 0.25) is 10.0 Å². The van der Waals surface area contributed by atoms with Gasteiger partial charge < -0.3 is 4.52 Å². The van der Waals surface area contributed by atoms with Gasteiger partial charge >= 0.3 is 0 Å². The summed E-state index contributed by atoms with van der Waals surface area (Å²) in [6.45, 7) is 10.6. The molecule has 6 nitrogen and oxygen atoms in total. The Morgan fingerprint density at radius 3 is 2.12 bits per heavy atom. The number of hydrogen-bond acceptors (Lipinski definition) is 5. The van der Waals surface area contributed by atoms with E-state index in [0.29, 0.717) is 37.6 Å². The molecule has 3 rings (SSSR count). The van der Waals surface area contributed by atoms with Crippen LogP contribution in [0.25, 0.3) is 0 Å². The highest BCUT2D eigenvalue weighted by Gasteiger charge is 2.31. The number of aromatic nitrogens is 1. The van der Waals surface area contributed by atoms with Gasteiger partial charge in [0.05, 0.1) is 10.6 Å². The normalized spacial score (nSPS) is 17.1. The molecule has 1 saturated heterocycles. The van der Waals surface area contributed by atoms with Gasteiger partial charge in [0.25, 0.3) is 0 Å². The molecular formula is C18H25N3O3S. The molecule has 1 aliphatic rings. The van der Waals surface area contributed by atoms with Crippen molar-refractivity contribution in [3.05, 3.63) is 46.3 Å². The monoisotopic (exact) mass is 363 g/mol. The minimum absolute atomic E-state index is 0.457. The first-order chi connectivity index (χ1) is 11.8. The lowest BCUT2D eigenvalue weighted by atomic mass is 10.1. The Bertz CT molecular complexity index is 842. The van der Waals surface area contributed by atoms with E-state index in [9.17, 15) is 8.42 Å². The van der Waals surface area contributed by atoms with E-state index in [1.165, 1.54) is 0 Å². The standard InChI is InChI=1S/C18H25N3O3S/c1-13-9-14(2)18(15(3)10-13)25(22,23)21-7-5-20(6-8-21)12-17-11-16(4)24-19-17/h9-11H,5-8,12H2,1-4H3. The smallest absolute Gasteiger partial charge is 0.243 e. The van der Waals surface area contributed by atoms with E-state index in [-0.39, 0.29) is 0 Å². The molecule has 1 aromatic carbocycles. The Morgan fingerprint density at radius 1 is 1.00 bits per heavy atom. The van der Waals surface area contributed by atoms with E-state index in [0.717, 1.165) is 28.1 Å². The summed E-state index contributed by atoms with van der Waals surface area (Å²) in [6, 6.07) is 5.79. The first-order valence-corrected chi connectivity index (χ1v) is 9.94. The Balaban J connectivity index is 1.71. The van der Waals surface area contributed by atoms with Crippen molar-refractivity contribution in [1.29, 1.82) is 0 Å². The van der Waals surface area contributed by atoms with Crippen molar-refractivity contribution >= 4 is 10.0 Å². The fourth-order valence-corrected chi connectivity index (χ4v) is 5.39. The maximum atomic E-state index is 13.1. The van der Waals surface area contributed by atoms with Crippen LogP contribution in [-0.2, 0) is 16.6 Å². The van der Waals surface area contributed by atoms with Crippen LogP contribution in [0.3, 0.4) is 0 Å². The van der Waals surface area contributed by atoms with Crippen molar-refractivity contribution in [2.75, 3.05) is 26.2 Å². The van der Waals surface area contributed by atoms with Crippen LogP contribution in [0.1, 0.15) is 28.1 Å². The lowest BCUT2D eigenvalue weighted by Crippen LogP contribution is -2.48. The van der Waals surface area contributed by atoms with Gasteiger partial charge in [0, 0.05) is 38.8 Å². The lowest BCUT2D eigenvalue weighted by molar-refractivity contribution is 0.177. The Kier molecular flexibility index (Phi) is 4.99. The van der Waals surface area contributed by atoms with E-state index in [1.54, 1.807) is 4.31 Å². The highest BCUT2D eigenvalue weighted by atomic mass is 32.2. The Morgan fingerprint density at radius 2 is 1.60 bits per heavy atom. The molecule has 2 heterocycles. The third kappa shape index (κ3) is 3.78. The van der Waals surface area contributed by atoms with Crippen molar-refractivity contribution in [1.82, 2.24) is 14.4 Å². The van der Waals surface area contributed by atoms with Crippen molar-refractivity contribution in [3.63, 3.8) is 0 Å². The van der Waals surface area contributed by atoms with E-state index < -0.39 is 10.0 Å². The summed E-state index contributed by atoms with van der Waals surface area (Å²) in [4.78, 5) is 2.66. The minimum atomic E-state index is -3.46. The number of rotatable bonds is 4. The Labute approximate surface area is 149 Å². The summed E-state index contributed by atoms with van der Waals surface area (Å²) in [6.07, 6.45) is 0. The zero-order valence-corrected chi connectivity index (χ0v) is 16.1. The third-order valence-electron chi connectivity index (χ3n) is 4.60. The predicted octanol–water partition coefficient (Wildman–Crippen LogP) is 2.41. The van der Waals surface area contributed by atoms with E-state index in [2.05, 4.69) is 10.1 Å². The first kappa shape index (κ1) is 18.1. The van der Waals surface area contributed by atoms with Crippen LogP contribution in [-0.4, -0.2) is 49.0 Å². The number of aryl methyl sites for hydroxylation is 4. The SMILES string of the molecule is Cc1cc(C)c(S(=O)(=O)N2CCN(Cc3cc(C)on3)CC2)c(C)c1. The third-order valence-corrected chi connectivity index (χ3v) is 6.80. The van der Waals surface area contributed by atoms with Crippen LogP contribution in [0.2, 0.25) is 0 Å².